The molecule has 0 saturated carbocycles. The normalized spacial score (nSPS) is 24.6. The Hall–Kier alpha value is -0.680. The van der Waals surface area contributed by atoms with Gasteiger partial charge in [0, 0.05) is 42.7 Å². The predicted octanol–water partition coefficient (Wildman–Crippen LogP) is 1.78. The van der Waals surface area contributed by atoms with Gasteiger partial charge in [-0.2, -0.15) is 16.9 Å². The maximum atomic E-state index is 4.58. The van der Waals surface area contributed by atoms with Crippen LogP contribution < -0.4 is 10.2 Å². The molecule has 102 valence electrons. The summed E-state index contributed by atoms with van der Waals surface area (Å²) in [5.41, 5.74) is 2.48. The third-order valence-corrected chi connectivity index (χ3v) is 4.61. The molecule has 5 heteroatoms. The number of hydrogen-bond donors (Lipinski definition) is 1. The summed E-state index contributed by atoms with van der Waals surface area (Å²) in [4.78, 5) is 2.50. The number of aryl methyl sites for hydroxylation is 2. The largest absolute Gasteiger partial charge is 0.354 e. The minimum absolute atomic E-state index is 0.686. The van der Waals surface area contributed by atoms with Crippen molar-refractivity contribution in [2.45, 2.75) is 37.8 Å². The third kappa shape index (κ3) is 2.67. The molecule has 1 N–H and O–H groups in total. The lowest BCUT2D eigenvalue weighted by molar-refractivity contribution is 0.665. The van der Waals surface area contributed by atoms with Crippen molar-refractivity contribution in [3.05, 3.63) is 11.3 Å². The fraction of sp³-hybridized carbons (Fsp3) is 0.769. The van der Waals surface area contributed by atoms with Crippen molar-refractivity contribution < 1.29 is 0 Å². The van der Waals surface area contributed by atoms with Crippen LogP contribution in [0.3, 0.4) is 0 Å². The molecule has 1 aromatic heterocycles. The molecule has 1 aliphatic heterocycles. The lowest BCUT2D eigenvalue weighted by Crippen LogP contribution is -2.42. The summed E-state index contributed by atoms with van der Waals surface area (Å²) < 4.78 is 2.04. The highest BCUT2D eigenvalue weighted by Crippen LogP contribution is 2.31. The van der Waals surface area contributed by atoms with E-state index in [0.29, 0.717) is 10.5 Å². The number of nitrogens with zero attached hydrogens (tertiary/aromatic N) is 3. The Kier molecular flexibility index (Phi) is 4.22. The van der Waals surface area contributed by atoms with Gasteiger partial charge in [0.25, 0.3) is 0 Å². The van der Waals surface area contributed by atoms with Crippen LogP contribution in [0.1, 0.15) is 25.1 Å². The fourth-order valence-corrected chi connectivity index (χ4v) is 4.15. The molecule has 0 spiro atoms. The summed E-state index contributed by atoms with van der Waals surface area (Å²) in [6, 6.07) is 0. The summed E-state index contributed by atoms with van der Waals surface area (Å²) in [6.07, 6.45) is 0. The second kappa shape index (κ2) is 5.53. The molecular formula is C13H24N4S. The van der Waals surface area contributed by atoms with Crippen LogP contribution >= 0.6 is 11.8 Å². The van der Waals surface area contributed by atoms with Crippen LogP contribution in [-0.4, -0.2) is 40.4 Å². The molecule has 0 aliphatic carbocycles. The number of hydrogen-bond acceptors (Lipinski definition) is 4. The second-order valence-corrected chi connectivity index (χ2v) is 7.09. The van der Waals surface area contributed by atoms with E-state index in [2.05, 4.69) is 54.9 Å². The first-order valence-electron chi connectivity index (χ1n) is 6.60. The fourth-order valence-electron chi connectivity index (χ4n) is 2.82. The molecular weight excluding hydrogens is 244 g/mol. The molecule has 2 atom stereocenters. The predicted molar refractivity (Wildman–Crippen MR) is 79.4 cm³/mol. The molecule has 1 saturated heterocycles. The molecule has 2 unspecified atom stereocenters. The Bertz CT molecular complexity index is 405. The van der Waals surface area contributed by atoms with Gasteiger partial charge < -0.3 is 10.2 Å². The molecule has 1 aromatic rings. The second-order valence-electron chi connectivity index (χ2n) is 5.20. The van der Waals surface area contributed by atoms with E-state index < -0.39 is 0 Å². The Balaban J connectivity index is 2.31. The monoisotopic (exact) mass is 268 g/mol. The van der Waals surface area contributed by atoms with Gasteiger partial charge in [0.1, 0.15) is 5.82 Å². The van der Waals surface area contributed by atoms with Crippen molar-refractivity contribution in [2.24, 2.45) is 7.05 Å². The van der Waals surface area contributed by atoms with Crippen LogP contribution in [0.15, 0.2) is 0 Å². The van der Waals surface area contributed by atoms with Crippen LogP contribution in [0, 0.1) is 6.92 Å². The zero-order valence-corrected chi connectivity index (χ0v) is 12.8. The molecule has 0 amide bonds. The van der Waals surface area contributed by atoms with E-state index in [1.54, 1.807) is 0 Å². The first-order chi connectivity index (χ1) is 8.52. The molecule has 1 fully saturated rings. The van der Waals surface area contributed by atoms with Gasteiger partial charge in [-0.15, -0.1) is 0 Å². The third-order valence-electron chi connectivity index (χ3n) is 3.39. The van der Waals surface area contributed by atoms with Gasteiger partial charge in [-0.05, 0) is 14.0 Å². The summed E-state index contributed by atoms with van der Waals surface area (Å²) in [5, 5.41) is 9.21. The Morgan fingerprint density at radius 1 is 1.33 bits per heavy atom. The number of anilines is 1. The van der Waals surface area contributed by atoms with Crippen LogP contribution in [0.25, 0.3) is 0 Å². The van der Waals surface area contributed by atoms with Crippen molar-refractivity contribution in [1.29, 1.82) is 0 Å². The van der Waals surface area contributed by atoms with Gasteiger partial charge >= 0.3 is 0 Å². The van der Waals surface area contributed by atoms with Gasteiger partial charge in [0.2, 0.25) is 0 Å². The van der Waals surface area contributed by atoms with Crippen molar-refractivity contribution in [1.82, 2.24) is 15.1 Å². The Morgan fingerprint density at radius 3 is 2.50 bits per heavy atom. The van der Waals surface area contributed by atoms with E-state index in [9.17, 15) is 0 Å². The first kappa shape index (κ1) is 13.7. The van der Waals surface area contributed by atoms with Gasteiger partial charge in [-0.3, -0.25) is 4.68 Å². The lowest BCUT2D eigenvalue weighted by atomic mass is 10.2. The van der Waals surface area contributed by atoms with Crippen LogP contribution in [0.4, 0.5) is 5.82 Å². The maximum Gasteiger partial charge on any atom is 0.131 e. The van der Waals surface area contributed by atoms with Crippen LogP contribution in [0.5, 0.6) is 0 Å². The molecule has 0 aromatic carbocycles. The van der Waals surface area contributed by atoms with Crippen molar-refractivity contribution in [2.75, 3.05) is 25.0 Å². The molecule has 4 nitrogen and oxygen atoms in total. The average Bonchev–Trinajstić information content (AvgIpc) is 2.53. The minimum atomic E-state index is 0.686. The van der Waals surface area contributed by atoms with Gasteiger partial charge in [0.15, 0.2) is 0 Å². The smallest absolute Gasteiger partial charge is 0.131 e. The molecule has 0 radical (unpaired) electrons. The SMILES string of the molecule is CNCc1c(C)nn(C)c1N1CC(C)SC(C)C1. The quantitative estimate of drug-likeness (QED) is 0.906. The molecule has 2 heterocycles. The van der Waals surface area contributed by atoms with E-state index in [1.165, 1.54) is 11.4 Å². The maximum absolute atomic E-state index is 4.58. The van der Waals surface area contributed by atoms with Gasteiger partial charge in [-0.1, -0.05) is 13.8 Å². The minimum Gasteiger partial charge on any atom is -0.354 e. The standard InChI is InChI=1S/C13H24N4S/c1-9-7-17(8-10(2)18-9)13-12(6-14-4)11(3)15-16(13)5/h9-10,14H,6-8H2,1-5H3. The highest BCUT2D eigenvalue weighted by Gasteiger charge is 2.27. The van der Waals surface area contributed by atoms with E-state index in [4.69, 9.17) is 0 Å². The van der Waals surface area contributed by atoms with Crippen LogP contribution in [0.2, 0.25) is 0 Å². The summed E-state index contributed by atoms with van der Waals surface area (Å²) >= 11 is 2.08. The highest BCUT2D eigenvalue weighted by molar-refractivity contribution is 8.00. The van der Waals surface area contributed by atoms with Crippen LogP contribution in [-0.2, 0) is 13.6 Å². The number of nitrogens with one attached hydrogen (secondary N) is 1. The number of thioether (sulfide) groups is 1. The summed E-state index contributed by atoms with van der Waals surface area (Å²) in [7, 11) is 4.05. The van der Waals surface area contributed by atoms with E-state index in [1.807, 2.05) is 11.7 Å². The van der Waals surface area contributed by atoms with Gasteiger partial charge in [0.05, 0.1) is 5.69 Å². The average molecular weight is 268 g/mol. The Morgan fingerprint density at radius 2 is 1.94 bits per heavy atom. The van der Waals surface area contributed by atoms with Crippen molar-refractivity contribution in [3.63, 3.8) is 0 Å². The van der Waals surface area contributed by atoms with Crippen molar-refractivity contribution >= 4 is 17.6 Å². The molecule has 2 rings (SSSR count). The first-order valence-corrected chi connectivity index (χ1v) is 7.54. The topological polar surface area (TPSA) is 33.1 Å². The van der Waals surface area contributed by atoms with Gasteiger partial charge in [-0.25, -0.2) is 0 Å². The Labute approximate surface area is 114 Å². The van der Waals surface area contributed by atoms with E-state index in [0.717, 1.165) is 25.3 Å². The summed E-state index contributed by atoms with van der Waals surface area (Å²) in [6.45, 7) is 9.85. The van der Waals surface area contributed by atoms with E-state index in [-0.39, 0.29) is 0 Å². The van der Waals surface area contributed by atoms with Crippen molar-refractivity contribution in [3.8, 4) is 0 Å². The molecule has 0 bridgehead atoms. The number of rotatable bonds is 3. The van der Waals surface area contributed by atoms with E-state index >= 15 is 0 Å². The highest BCUT2D eigenvalue weighted by atomic mass is 32.2. The summed E-state index contributed by atoms with van der Waals surface area (Å²) in [5.74, 6) is 1.29. The number of aromatic nitrogens is 2. The molecule has 18 heavy (non-hydrogen) atoms. The zero-order valence-electron chi connectivity index (χ0n) is 12.0. The lowest BCUT2D eigenvalue weighted by Gasteiger charge is -2.36. The zero-order chi connectivity index (χ0) is 13.3. The molecule has 1 aliphatic rings.